The molecule has 0 saturated heterocycles. The molecule has 0 aromatic heterocycles. The number of unbranched alkanes of at least 4 members (excludes halogenated alkanes) is 6. The number of hydrogen-bond acceptors (Lipinski definition) is 5. The molecular formula is C18H27N2O5. The van der Waals surface area contributed by atoms with Crippen LogP contribution in [0.25, 0.3) is 0 Å². The van der Waals surface area contributed by atoms with Gasteiger partial charge in [-0.05, 0) is 37.8 Å². The molecule has 0 bridgehead atoms. The van der Waals surface area contributed by atoms with Crippen LogP contribution in [0.15, 0.2) is 35.7 Å². The average molecular weight is 351 g/mol. The zero-order valence-corrected chi connectivity index (χ0v) is 14.8. The molecule has 0 amide bonds. The Kier molecular flexibility index (Phi) is 13.8. The molecule has 139 valence electrons. The maximum atomic E-state index is 11.1. The first-order valence-electron chi connectivity index (χ1n) is 8.69. The number of rotatable bonds is 15. The van der Waals surface area contributed by atoms with Crippen molar-refractivity contribution in [3.05, 3.63) is 55.9 Å². The van der Waals surface area contributed by atoms with Gasteiger partial charge in [-0.3, -0.25) is 25.0 Å². The van der Waals surface area contributed by atoms with Crippen LogP contribution in [0.4, 0.5) is 0 Å². The summed E-state index contributed by atoms with van der Waals surface area (Å²) in [5.74, 6) is 0. The fourth-order valence-electron chi connectivity index (χ4n) is 2.20. The first kappa shape index (κ1) is 22.7. The van der Waals surface area contributed by atoms with Crippen LogP contribution in [-0.4, -0.2) is 16.1 Å². The maximum Gasteiger partial charge on any atom is 0.246 e. The third-order valence-corrected chi connectivity index (χ3v) is 3.61. The van der Waals surface area contributed by atoms with Gasteiger partial charge in [0.15, 0.2) is 6.29 Å². The minimum atomic E-state index is -0.492. The molecular weight excluding hydrogens is 324 g/mol. The fourth-order valence-corrected chi connectivity index (χ4v) is 2.20. The Morgan fingerprint density at radius 2 is 1.48 bits per heavy atom. The topological polar surface area (TPSA) is 103 Å². The predicted molar refractivity (Wildman–Crippen MR) is 96.8 cm³/mol. The Bertz CT molecular complexity index is 510. The second-order valence-corrected chi connectivity index (χ2v) is 5.64. The summed E-state index contributed by atoms with van der Waals surface area (Å²) in [7, 11) is 0. The largest absolute Gasteiger partial charge is 0.291 e. The SMILES string of the molecule is CC/C=C/C/C(=C/C/C(=C/CCCCCCC[C]=O)[N+](=O)[O-])[N+](=O)[O-]. The van der Waals surface area contributed by atoms with E-state index < -0.39 is 9.85 Å². The number of allylic oxidation sites excluding steroid dienone is 4. The molecule has 0 heterocycles. The van der Waals surface area contributed by atoms with Crippen molar-refractivity contribution in [2.45, 2.75) is 71.1 Å². The van der Waals surface area contributed by atoms with Gasteiger partial charge in [0.2, 0.25) is 11.4 Å². The van der Waals surface area contributed by atoms with Gasteiger partial charge in [0.05, 0.1) is 22.7 Å². The first-order valence-corrected chi connectivity index (χ1v) is 8.69. The number of hydrogen-bond donors (Lipinski definition) is 0. The average Bonchev–Trinajstić information content (AvgIpc) is 2.57. The molecule has 0 aromatic rings. The molecule has 0 aliphatic heterocycles. The van der Waals surface area contributed by atoms with E-state index in [1.54, 1.807) is 12.2 Å². The smallest absolute Gasteiger partial charge is 0.246 e. The van der Waals surface area contributed by atoms with Crippen LogP contribution in [0.5, 0.6) is 0 Å². The summed E-state index contributed by atoms with van der Waals surface area (Å²) < 4.78 is 0. The van der Waals surface area contributed by atoms with Gasteiger partial charge in [0, 0.05) is 6.42 Å². The lowest BCUT2D eigenvalue weighted by molar-refractivity contribution is -0.431. The van der Waals surface area contributed by atoms with Gasteiger partial charge in [-0.25, -0.2) is 0 Å². The molecule has 0 saturated carbocycles. The zero-order chi connectivity index (χ0) is 18.9. The van der Waals surface area contributed by atoms with E-state index in [1.807, 2.05) is 19.3 Å². The van der Waals surface area contributed by atoms with Crippen LogP contribution in [0, 0.1) is 20.2 Å². The molecule has 0 fully saturated rings. The van der Waals surface area contributed by atoms with E-state index in [0.29, 0.717) is 12.8 Å². The highest BCUT2D eigenvalue weighted by Crippen LogP contribution is 2.13. The lowest BCUT2D eigenvalue weighted by Crippen LogP contribution is -2.01. The van der Waals surface area contributed by atoms with E-state index in [-0.39, 0.29) is 24.2 Å². The van der Waals surface area contributed by atoms with E-state index >= 15 is 0 Å². The molecule has 0 N–H and O–H groups in total. The standard InChI is InChI=1S/C18H27N2O5/c1-2-3-9-12-17(19(22)23)14-15-18(20(24)25)13-10-7-5-4-6-8-11-16-21/h3,9,13-14H,2,4-8,10-12,15H2,1H3/b9-3+,17-14-,18-13-. The van der Waals surface area contributed by atoms with Gasteiger partial charge in [0.1, 0.15) is 0 Å². The summed E-state index contributed by atoms with van der Waals surface area (Å²) >= 11 is 0. The van der Waals surface area contributed by atoms with Crippen LogP contribution in [0.1, 0.15) is 71.1 Å². The molecule has 7 heteroatoms. The van der Waals surface area contributed by atoms with Gasteiger partial charge < -0.3 is 0 Å². The van der Waals surface area contributed by atoms with Crippen molar-refractivity contribution >= 4 is 6.29 Å². The molecule has 1 radical (unpaired) electrons. The Balaban J connectivity index is 4.44. The minimum Gasteiger partial charge on any atom is -0.291 e. The molecule has 0 unspecified atom stereocenters. The Morgan fingerprint density at radius 3 is 2.08 bits per heavy atom. The van der Waals surface area contributed by atoms with Crippen LogP contribution < -0.4 is 0 Å². The van der Waals surface area contributed by atoms with E-state index in [0.717, 1.165) is 38.5 Å². The fraction of sp³-hybridized carbons (Fsp3) is 0.611. The van der Waals surface area contributed by atoms with Gasteiger partial charge in [-0.1, -0.05) is 38.3 Å². The van der Waals surface area contributed by atoms with Crippen molar-refractivity contribution < 1.29 is 14.6 Å². The minimum absolute atomic E-state index is 0.00521. The van der Waals surface area contributed by atoms with Crippen LogP contribution in [0.2, 0.25) is 0 Å². The Labute approximate surface area is 148 Å². The summed E-state index contributed by atoms with van der Waals surface area (Å²) in [6, 6.07) is 0. The molecule has 0 aliphatic rings. The second kappa shape index (κ2) is 15.2. The molecule has 25 heavy (non-hydrogen) atoms. The number of nitro groups is 2. The van der Waals surface area contributed by atoms with Crippen LogP contribution in [0.3, 0.4) is 0 Å². The molecule has 0 spiro atoms. The summed E-state index contributed by atoms with van der Waals surface area (Å²) in [5.41, 5.74) is -0.0289. The normalized spacial score (nSPS) is 12.5. The summed E-state index contributed by atoms with van der Waals surface area (Å²) in [6.07, 6.45) is 14.8. The highest BCUT2D eigenvalue weighted by Gasteiger charge is 2.13. The van der Waals surface area contributed by atoms with Gasteiger partial charge in [-0.15, -0.1) is 0 Å². The van der Waals surface area contributed by atoms with Crippen molar-refractivity contribution in [3.63, 3.8) is 0 Å². The molecule has 7 nitrogen and oxygen atoms in total. The Morgan fingerprint density at radius 1 is 0.880 bits per heavy atom. The number of nitrogens with zero attached hydrogens (tertiary/aromatic N) is 2. The van der Waals surface area contributed by atoms with E-state index in [9.17, 15) is 25.0 Å². The van der Waals surface area contributed by atoms with Crippen molar-refractivity contribution in [1.29, 1.82) is 0 Å². The summed E-state index contributed by atoms with van der Waals surface area (Å²) in [6.45, 7) is 1.93. The zero-order valence-electron chi connectivity index (χ0n) is 14.8. The van der Waals surface area contributed by atoms with E-state index in [4.69, 9.17) is 0 Å². The molecule has 0 rings (SSSR count). The lowest BCUT2D eigenvalue weighted by atomic mass is 10.1. The Hall–Kier alpha value is -2.31. The summed E-state index contributed by atoms with van der Waals surface area (Å²) in [4.78, 5) is 31.1. The van der Waals surface area contributed by atoms with Gasteiger partial charge >= 0.3 is 0 Å². The molecule has 0 aromatic carbocycles. The van der Waals surface area contributed by atoms with Crippen molar-refractivity contribution in [2.75, 3.05) is 0 Å². The number of carbonyl (C=O) groups excluding carboxylic acids is 1. The van der Waals surface area contributed by atoms with E-state index in [2.05, 4.69) is 0 Å². The quantitative estimate of drug-likeness (QED) is 0.181. The van der Waals surface area contributed by atoms with Crippen LogP contribution in [-0.2, 0) is 4.79 Å². The van der Waals surface area contributed by atoms with Crippen molar-refractivity contribution in [3.8, 4) is 0 Å². The molecule has 0 atom stereocenters. The van der Waals surface area contributed by atoms with Gasteiger partial charge in [-0.2, -0.15) is 0 Å². The van der Waals surface area contributed by atoms with Gasteiger partial charge in [0.25, 0.3) is 0 Å². The third-order valence-electron chi connectivity index (χ3n) is 3.61. The van der Waals surface area contributed by atoms with Crippen molar-refractivity contribution in [2.24, 2.45) is 0 Å². The summed E-state index contributed by atoms with van der Waals surface area (Å²) in [5, 5.41) is 22.0. The third kappa shape index (κ3) is 12.7. The lowest BCUT2D eigenvalue weighted by Gasteiger charge is -1.99. The van der Waals surface area contributed by atoms with E-state index in [1.165, 1.54) is 6.08 Å². The maximum absolute atomic E-state index is 11.1. The molecule has 0 aliphatic carbocycles. The monoisotopic (exact) mass is 351 g/mol. The van der Waals surface area contributed by atoms with Crippen molar-refractivity contribution in [1.82, 2.24) is 0 Å². The highest BCUT2D eigenvalue weighted by atomic mass is 16.6. The predicted octanol–water partition coefficient (Wildman–Crippen LogP) is 4.89. The second-order valence-electron chi connectivity index (χ2n) is 5.64. The van der Waals surface area contributed by atoms with Crippen LogP contribution >= 0.6 is 0 Å². The first-order chi connectivity index (χ1) is 12.0. The highest BCUT2D eigenvalue weighted by molar-refractivity contribution is 5.50.